The molecule has 0 atom stereocenters. The summed E-state index contributed by atoms with van der Waals surface area (Å²) < 4.78 is 0. The molecule has 2 aromatic rings. The Morgan fingerprint density at radius 2 is 1.80 bits per heavy atom. The summed E-state index contributed by atoms with van der Waals surface area (Å²) in [7, 11) is 0. The van der Waals surface area contributed by atoms with Crippen LogP contribution in [0.15, 0.2) is 36.4 Å². The summed E-state index contributed by atoms with van der Waals surface area (Å²) in [4.78, 5) is 8.78. The lowest BCUT2D eigenvalue weighted by Gasteiger charge is -2.24. The van der Waals surface area contributed by atoms with Gasteiger partial charge in [0.1, 0.15) is 11.6 Å². The van der Waals surface area contributed by atoms with Crippen LogP contribution in [0.25, 0.3) is 11.4 Å². The molecule has 6 nitrogen and oxygen atoms in total. The molecule has 1 aromatic heterocycles. The number of hydrogen-bond donors (Lipinski definition) is 4. The van der Waals surface area contributed by atoms with E-state index < -0.39 is 5.54 Å². The van der Waals surface area contributed by atoms with Gasteiger partial charge in [-0.2, -0.15) is 0 Å². The first kappa shape index (κ1) is 14.2. The summed E-state index contributed by atoms with van der Waals surface area (Å²) in [5, 5.41) is 12.5. The largest absolute Gasteiger partial charge is 0.394 e. The van der Waals surface area contributed by atoms with Crippen molar-refractivity contribution in [2.45, 2.75) is 19.4 Å². The van der Waals surface area contributed by atoms with Crippen LogP contribution in [-0.2, 0) is 0 Å². The van der Waals surface area contributed by atoms with E-state index in [1.807, 2.05) is 44.2 Å². The van der Waals surface area contributed by atoms with Crippen molar-refractivity contribution in [2.75, 3.05) is 17.3 Å². The van der Waals surface area contributed by atoms with Crippen molar-refractivity contribution < 1.29 is 5.11 Å². The highest BCUT2D eigenvalue weighted by atomic mass is 16.3. The van der Waals surface area contributed by atoms with Crippen molar-refractivity contribution >= 4 is 11.6 Å². The second-order valence-electron chi connectivity index (χ2n) is 5.14. The SMILES string of the molecule is CC(C)(CO)Nc1cc(NN)nc(-c2ccccc2)n1. The van der Waals surface area contributed by atoms with Crippen LogP contribution in [0.1, 0.15) is 13.8 Å². The van der Waals surface area contributed by atoms with Gasteiger partial charge in [-0.25, -0.2) is 15.8 Å². The number of nitrogens with two attached hydrogens (primary N) is 1. The molecule has 2 rings (SSSR count). The maximum absolute atomic E-state index is 9.32. The van der Waals surface area contributed by atoms with E-state index in [0.717, 1.165) is 5.56 Å². The van der Waals surface area contributed by atoms with Gasteiger partial charge in [0.25, 0.3) is 0 Å². The fourth-order valence-corrected chi connectivity index (χ4v) is 1.69. The highest BCUT2D eigenvalue weighted by molar-refractivity contribution is 5.61. The van der Waals surface area contributed by atoms with Gasteiger partial charge in [-0.05, 0) is 13.8 Å². The van der Waals surface area contributed by atoms with Crippen LogP contribution < -0.4 is 16.6 Å². The van der Waals surface area contributed by atoms with Gasteiger partial charge in [0.15, 0.2) is 5.82 Å². The molecule has 1 aromatic carbocycles. The first-order valence-electron chi connectivity index (χ1n) is 6.34. The lowest BCUT2D eigenvalue weighted by Crippen LogP contribution is -2.35. The Morgan fingerprint density at radius 1 is 1.15 bits per heavy atom. The molecule has 0 fully saturated rings. The highest BCUT2D eigenvalue weighted by Crippen LogP contribution is 2.21. The van der Waals surface area contributed by atoms with E-state index in [-0.39, 0.29) is 6.61 Å². The van der Waals surface area contributed by atoms with Gasteiger partial charge in [0.2, 0.25) is 0 Å². The van der Waals surface area contributed by atoms with Crippen LogP contribution in [-0.4, -0.2) is 27.2 Å². The second-order valence-corrected chi connectivity index (χ2v) is 5.14. The van der Waals surface area contributed by atoms with Crippen LogP contribution in [0.3, 0.4) is 0 Å². The van der Waals surface area contributed by atoms with Gasteiger partial charge >= 0.3 is 0 Å². The molecule has 0 aliphatic carbocycles. The minimum atomic E-state index is -0.478. The molecule has 0 radical (unpaired) electrons. The summed E-state index contributed by atoms with van der Waals surface area (Å²) in [5.74, 6) is 7.12. The molecule has 0 saturated heterocycles. The van der Waals surface area contributed by atoms with Crippen molar-refractivity contribution in [3.8, 4) is 11.4 Å². The Hall–Kier alpha value is -2.18. The number of aliphatic hydroxyl groups is 1. The van der Waals surface area contributed by atoms with Gasteiger partial charge in [-0.1, -0.05) is 30.3 Å². The molecule has 20 heavy (non-hydrogen) atoms. The highest BCUT2D eigenvalue weighted by Gasteiger charge is 2.17. The van der Waals surface area contributed by atoms with E-state index in [0.29, 0.717) is 17.5 Å². The molecule has 0 bridgehead atoms. The first-order chi connectivity index (χ1) is 9.54. The van der Waals surface area contributed by atoms with Crippen LogP contribution >= 0.6 is 0 Å². The Balaban J connectivity index is 2.39. The molecule has 1 heterocycles. The molecule has 0 saturated carbocycles. The summed E-state index contributed by atoms with van der Waals surface area (Å²) in [6.45, 7) is 3.75. The molecule has 0 aliphatic heterocycles. The zero-order valence-electron chi connectivity index (χ0n) is 11.6. The van der Waals surface area contributed by atoms with Crippen molar-refractivity contribution in [1.29, 1.82) is 0 Å². The predicted molar refractivity (Wildman–Crippen MR) is 80.1 cm³/mol. The zero-order valence-corrected chi connectivity index (χ0v) is 11.6. The number of nitrogen functional groups attached to an aromatic ring is 1. The molecular weight excluding hydrogens is 254 g/mol. The minimum Gasteiger partial charge on any atom is -0.394 e. The first-order valence-corrected chi connectivity index (χ1v) is 6.34. The number of nitrogens with one attached hydrogen (secondary N) is 2. The quantitative estimate of drug-likeness (QED) is 0.488. The number of anilines is 2. The van der Waals surface area contributed by atoms with E-state index in [9.17, 15) is 5.11 Å². The van der Waals surface area contributed by atoms with E-state index in [1.165, 1.54) is 0 Å². The summed E-state index contributed by atoms with van der Waals surface area (Å²) >= 11 is 0. The summed E-state index contributed by atoms with van der Waals surface area (Å²) in [6, 6.07) is 11.3. The number of aromatic nitrogens is 2. The predicted octanol–water partition coefficient (Wildman–Crippen LogP) is 1.61. The van der Waals surface area contributed by atoms with E-state index in [2.05, 4.69) is 20.7 Å². The summed E-state index contributed by atoms with van der Waals surface area (Å²) in [5.41, 5.74) is 2.95. The van der Waals surface area contributed by atoms with E-state index in [1.54, 1.807) is 6.07 Å². The third-order valence-electron chi connectivity index (χ3n) is 2.77. The van der Waals surface area contributed by atoms with Crippen molar-refractivity contribution in [3.05, 3.63) is 36.4 Å². The Labute approximate surface area is 118 Å². The minimum absolute atomic E-state index is 0.0109. The van der Waals surface area contributed by atoms with E-state index >= 15 is 0 Å². The van der Waals surface area contributed by atoms with E-state index in [4.69, 9.17) is 5.84 Å². The zero-order chi connectivity index (χ0) is 14.6. The maximum Gasteiger partial charge on any atom is 0.163 e. The Bertz CT molecular complexity index is 571. The maximum atomic E-state index is 9.32. The molecule has 6 heteroatoms. The van der Waals surface area contributed by atoms with Crippen LogP contribution in [0.2, 0.25) is 0 Å². The average Bonchev–Trinajstić information content (AvgIpc) is 2.47. The molecule has 5 N–H and O–H groups in total. The molecular formula is C14H19N5O. The molecule has 0 aliphatic rings. The average molecular weight is 273 g/mol. The van der Waals surface area contributed by atoms with Gasteiger partial charge in [0.05, 0.1) is 12.1 Å². The standard InChI is InChI=1S/C14H19N5O/c1-14(2,9-20)18-11-8-12(19-15)17-13(16-11)10-6-4-3-5-7-10/h3-8,20H,9,15H2,1-2H3,(H2,16,17,18,19). The van der Waals surface area contributed by atoms with Gasteiger partial charge in [-0.3, -0.25) is 0 Å². The molecule has 0 unspecified atom stereocenters. The lowest BCUT2D eigenvalue weighted by atomic mass is 10.1. The normalized spacial score (nSPS) is 11.2. The van der Waals surface area contributed by atoms with Crippen molar-refractivity contribution in [3.63, 3.8) is 0 Å². The lowest BCUT2D eigenvalue weighted by molar-refractivity contribution is 0.234. The van der Waals surface area contributed by atoms with Gasteiger partial charge in [0, 0.05) is 11.6 Å². The summed E-state index contributed by atoms with van der Waals surface area (Å²) in [6.07, 6.45) is 0. The number of aliphatic hydroxyl groups excluding tert-OH is 1. The third kappa shape index (κ3) is 3.43. The Kier molecular flexibility index (Phi) is 4.16. The molecule has 0 amide bonds. The smallest absolute Gasteiger partial charge is 0.163 e. The third-order valence-corrected chi connectivity index (χ3v) is 2.77. The number of benzene rings is 1. The van der Waals surface area contributed by atoms with Crippen molar-refractivity contribution in [1.82, 2.24) is 9.97 Å². The number of nitrogens with zero attached hydrogens (tertiary/aromatic N) is 2. The molecule has 106 valence electrons. The number of hydrazine groups is 1. The second kappa shape index (κ2) is 5.85. The number of rotatable bonds is 5. The van der Waals surface area contributed by atoms with Crippen LogP contribution in [0.4, 0.5) is 11.6 Å². The molecule has 0 spiro atoms. The van der Waals surface area contributed by atoms with Gasteiger partial charge < -0.3 is 15.8 Å². The topological polar surface area (TPSA) is 96.1 Å². The van der Waals surface area contributed by atoms with Gasteiger partial charge in [-0.15, -0.1) is 0 Å². The monoisotopic (exact) mass is 273 g/mol. The van der Waals surface area contributed by atoms with Crippen LogP contribution in [0.5, 0.6) is 0 Å². The fourth-order valence-electron chi connectivity index (χ4n) is 1.69. The Morgan fingerprint density at radius 3 is 2.40 bits per heavy atom. The van der Waals surface area contributed by atoms with Crippen LogP contribution in [0, 0.1) is 0 Å². The van der Waals surface area contributed by atoms with Crippen molar-refractivity contribution in [2.24, 2.45) is 5.84 Å². The fraction of sp³-hybridized carbons (Fsp3) is 0.286. The number of hydrogen-bond acceptors (Lipinski definition) is 6.